The van der Waals surface area contributed by atoms with Crippen molar-refractivity contribution in [2.75, 3.05) is 13.7 Å². The van der Waals surface area contributed by atoms with Crippen LogP contribution in [0.15, 0.2) is 71.5 Å². The van der Waals surface area contributed by atoms with Crippen molar-refractivity contribution in [2.24, 2.45) is 7.05 Å². The van der Waals surface area contributed by atoms with Gasteiger partial charge in [-0.05, 0) is 60.0 Å². The van der Waals surface area contributed by atoms with E-state index in [4.69, 9.17) is 9.47 Å². The second kappa shape index (κ2) is 9.41. The van der Waals surface area contributed by atoms with Crippen LogP contribution in [0, 0.1) is 13.8 Å². The Morgan fingerprint density at radius 2 is 1.53 bits per heavy atom. The molecule has 32 heavy (non-hydrogen) atoms. The zero-order valence-electron chi connectivity index (χ0n) is 19.1. The molecule has 4 aromatic rings. The normalized spacial score (nSPS) is 11.1. The maximum atomic E-state index is 13.2. The topological polar surface area (TPSA) is 40.5 Å². The quantitative estimate of drug-likeness (QED) is 0.361. The number of para-hydroxylation sites is 1. The largest absolute Gasteiger partial charge is 0.496 e. The minimum absolute atomic E-state index is 0.00566. The number of aromatic nitrogens is 1. The Morgan fingerprint density at radius 1 is 0.875 bits per heavy atom. The molecule has 0 fully saturated rings. The summed E-state index contributed by atoms with van der Waals surface area (Å²) in [5, 5.41) is 1.72. The van der Waals surface area contributed by atoms with Gasteiger partial charge in [-0.25, -0.2) is 0 Å². The van der Waals surface area contributed by atoms with Gasteiger partial charge in [0, 0.05) is 18.0 Å². The Bertz CT molecular complexity index is 1310. The highest BCUT2D eigenvalue weighted by Crippen LogP contribution is 2.32. The van der Waals surface area contributed by atoms with Gasteiger partial charge in [-0.1, -0.05) is 54.6 Å². The van der Waals surface area contributed by atoms with E-state index in [-0.39, 0.29) is 5.56 Å². The maximum absolute atomic E-state index is 13.2. The van der Waals surface area contributed by atoms with E-state index in [1.54, 1.807) is 11.7 Å². The van der Waals surface area contributed by atoms with Gasteiger partial charge in [0.2, 0.25) is 0 Å². The molecule has 0 N–H and O–H groups in total. The van der Waals surface area contributed by atoms with E-state index < -0.39 is 0 Å². The van der Waals surface area contributed by atoms with Crippen LogP contribution in [0.5, 0.6) is 5.75 Å². The van der Waals surface area contributed by atoms with Crippen LogP contribution in [0.4, 0.5) is 0 Å². The van der Waals surface area contributed by atoms with Crippen LogP contribution in [0.3, 0.4) is 0 Å². The zero-order valence-corrected chi connectivity index (χ0v) is 19.1. The van der Waals surface area contributed by atoms with Gasteiger partial charge in [-0.3, -0.25) is 4.79 Å². The Hall–Kier alpha value is -3.37. The molecule has 1 aromatic heterocycles. The maximum Gasteiger partial charge on any atom is 0.258 e. The molecule has 0 aliphatic heterocycles. The molecule has 0 radical (unpaired) electrons. The first-order valence-corrected chi connectivity index (χ1v) is 10.9. The van der Waals surface area contributed by atoms with Crippen LogP contribution in [0.25, 0.3) is 21.9 Å². The minimum atomic E-state index is 0.00566. The average molecular weight is 428 g/mol. The fourth-order valence-corrected chi connectivity index (χ4v) is 4.18. The predicted octanol–water partition coefficient (Wildman–Crippen LogP) is 5.59. The first kappa shape index (κ1) is 21.8. The molecule has 0 saturated carbocycles. The van der Waals surface area contributed by atoms with Gasteiger partial charge < -0.3 is 14.0 Å². The molecule has 164 valence electrons. The molecule has 0 atom stereocenters. The highest BCUT2D eigenvalue weighted by Gasteiger charge is 2.17. The van der Waals surface area contributed by atoms with Crippen LogP contribution in [-0.4, -0.2) is 18.3 Å². The molecular weight excluding hydrogens is 398 g/mol. The molecule has 4 nitrogen and oxygen atoms in total. The van der Waals surface area contributed by atoms with Gasteiger partial charge in [-0.15, -0.1) is 0 Å². The second-order valence-electron chi connectivity index (χ2n) is 8.15. The van der Waals surface area contributed by atoms with Gasteiger partial charge >= 0.3 is 0 Å². The number of rotatable bonds is 7. The van der Waals surface area contributed by atoms with Crippen molar-refractivity contribution in [3.63, 3.8) is 0 Å². The lowest BCUT2D eigenvalue weighted by molar-refractivity contribution is 0.119. The van der Waals surface area contributed by atoms with Gasteiger partial charge in [0.15, 0.2) is 0 Å². The third kappa shape index (κ3) is 4.19. The van der Waals surface area contributed by atoms with Crippen molar-refractivity contribution in [1.82, 2.24) is 4.57 Å². The molecule has 0 spiro atoms. The minimum Gasteiger partial charge on any atom is -0.496 e. The molecule has 0 saturated heterocycles. The summed E-state index contributed by atoms with van der Waals surface area (Å²) >= 11 is 0. The standard InChI is InChI=1S/C28H29NO3/c1-19-16-23-24(17-20(19)2)28(30)29(3)25(27(23)22-11-6-5-7-12-22)18-32-15-14-21-10-8-9-13-26(21)31-4/h5-13,16-17H,14-15,18H2,1-4H3. The number of ether oxygens (including phenoxy) is 2. The summed E-state index contributed by atoms with van der Waals surface area (Å²) in [6.07, 6.45) is 0.741. The zero-order chi connectivity index (χ0) is 22.7. The lowest BCUT2D eigenvalue weighted by atomic mass is 9.94. The first-order valence-electron chi connectivity index (χ1n) is 10.9. The van der Waals surface area contributed by atoms with Crippen LogP contribution in [0.2, 0.25) is 0 Å². The summed E-state index contributed by atoms with van der Waals surface area (Å²) in [6.45, 7) is 5.03. The highest BCUT2D eigenvalue weighted by molar-refractivity contribution is 5.98. The Kier molecular flexibility index (Phi) is 6.42. The number of hydrogen-bond acceptors (Lipinski definition) is 3. The SMILES string of the molecule is COc1ccccc1CCOCc1c(-c2ccccc2)c2cc(C)c(C)cc2c(=O)n1C. The van der Waals surface area contributed by atoms with Crippen LogP contribution in [-0.2, 0) is 24.8 Å². The predicted molar refractivity (Wildman–Crippen MR) is 130 cm³/mol. The Labute approximate surface area is 189 Å². The van der Waals surface area contributed by atoms with Crippen molar-refractivity contribution in [2.45, 2.75) is 26.9 Å². The number of fused-ring (bicyclic) bond motifs is 1. The molecular formula is C28H29NO3. The highest BCUT2D eigenvalue weighted by atomic mass is 16.5. The van der Waals surface area contributed by atoms with Crippen LogP contribution < -0.4 is 10.3 Å². The van der Waals surface area contributed by atoms with Crippen molar-refractivity contribution < 1.29 is 9.47 Å². The van der Waals surface area contributed by atoms with Gasteiger partial charge in [0.25, 0.3) is 5.56 Å². The number of pyridine rings is 1. The molecule has 1 heterocycles. The molecule has 0 amide bonds. The summed E-state index contributed by atoms with van der Waals surface area (Å²) in [5.74, 6) is 0.866. The third-order valence-electron chi connectivity index (χ3n) is 6.14. The number of aryl methyl sites for hydroxylation is 2. The fourth-order valence-electron chi connectivity index (χ4n) is 4.18. The molecule has 0 unspecified atom stereocenters. The molecule has 4 heteroatoms. The lowest BCUT2D eigenvalue weighted by Crippen LogP contribution is -2.23. The summed E-state index contributed by atoms with van der Waals surface area (Å²) in [6, 6.07) is 22.4. The third-order valence-corrected chi connectivity index (χ3v) is 6.14. The number of benzene rings is 3. The van der Waals surface area contributed by atoms with E-state index in [1.807, 2.05) is 56.4 Å². The van der Waals surface area contributed by atoms with Crippen molar-refractivity contribution in [3.05, 3.63) is 99.5 Å². The van der Waals surface area contributed by atoms with Gasteiger partial charge in [0.1, 0.15) is 5.75 Å². The fraction of sp³-hybridized carbons (Fsp3) is 0.250. The second-order valence-corrected chi connectivity index (χ2v) is 8.15. The van der Waals surface area contributed by atoms with Gasteiger partial charge in [-0.2, -0.15) is 0 Å². The average Bonchev–Trinajstić information content (AvgIpc) is 2.82. The summed E-state index contributed by atoms with van der Waals surface area (Å²) < 4.78 is 13.3. The Balaban J connectivity index is 1.72. The van der Waals surface area contributed by atoms with Crippen LogP contribution in [0.1, 0.15) is 22.4 Å². The van der Waals surface area contributed by atoms with E-state index >= 15 is 0 Å². The van der Waals surface area contributed by atoms with Crippen molar-refractivity contribution in [1.29, 1.82) is 0 Å². The number of nitrogens with zero attached hydrogens (tertiary/aromatic N) is 1. The Morgan fingerprint density at radius 3 is 2.25 bits per heavy atom. The van der Waals surface area contributed by atoms with E-state index in [2.05, 4.69) is 31.2 Å². The van der Waals surface area contributed by atoms with Crippen molar-refractivity contribution >= 4 is 10.8 Å². The number of methoxy groups -OCH3 is 1. The molecule has 3 aromatic carbocycles. The molecule has 0 bridgehead atoms. The van der Waals surface area contributed by atoms with Gasteiger partial charge in [0.05, 0.1) is 26.0 Å². The summed E-state index contributed by atoms with van der Waals surface area (Å²) in [7, 11) is 3.52. The first-order chi connectivity index (χ1) is 15.5. The summed E-state index contributed by atoms with van der Waals surface area (Å²) in [4.78, 5) is 13.2. The monoisotopic (exact) mass is 427 g/mol. The molecule has 4 rings (SSSR count). The van der Waals surface area contributed by atoms with E-state index in [0.29, 0.717) is 13.2 Å². The van der Waals surface area contributed by atoms with E-state index in [0.717, 1.165) is 50.9 Å². The van der Waals surface area contributed by atoms with Crippen LogP contribution >= 0.6 is 0 Å². The van der Waals surface area contributed by atoms with Crippen molar-refractivity contribution in [3.8, 4) is 16.9 Å². The van der Waals surface area contributed by atoms with E-state index in [9.17, 15) is 4.79 Å². The lowest BCUT2D eigenvalue weighted by Gasteiger charge is -2.19. The smallest absolute Gasteiger partial charge is 0.258 e. The van der Waals surface area contributed by atoms with E-state index in [1.165, 1.54) is 5.56 Å². The molecule has 0 aliphatic carbocycles. The molecule has 0 aliphatic rings. The number of hydrogen-bond donors (Lipinski definition) is 0. The summed E-state index contributed by atoms with van der Waals surface area (Å²) in [5.41, 5.74) is 6.43.